The molecule has 0 aliphatic carbocycles. The summed E-state index contributed by atoms with van der Waals surface area (Å²) in [4.78, 5) is 13.1. The molecular weight excluding hydrogens is 412 g/mol. The topological polar surface area (TPSA) is 72.6 Å². The van der Waals surface area contributed by atoms with Gasteiger partial charge in [-0.15, -0.1) is 0 Å². The summed E-state index contributed by atoms with van der Waals surface area (Å²) in [6, 6.07) is 18.2. The van der Waals surface area contributed by atoms with Crippen LogP contribution in [0, 0.1) is 11.3 Å². The highest BCUT2D eigenvalue weighted by Crippen LogP contribution is 2.29. The van der Waals surface area contributed by atoms with Crippen molar-refractivity contribution in [3.05, 3.63) is 66.1 Å². The lowest BCUT2D eigenvalue weighted by Crippen LogP contribution is -2.29. The van der Waals surface area contributed by atoms with Gasteiger partial charge < -0.3 is 19.0 Å². The number of hydrogen-bond donors (Lipinski definition) is 1. The summed E-state index contributed by atoms with van der Waals surface area (Å²) in [5.41, 5.74) is 6.68. The SMILES string of the molecule is COc1ccc(-c2nc3ccc(-c4ccc(C#N)[nH]4)cn3c2CN2CCCN(C)CC2)cc1. The number of hydrogen-bond acceptors (Lipinski definition) is 5. The number of ether oxygens (including phenoxy) is 1. The van der Waals surface area contributed by atoms with Crippen LogP contribution >= 0.6 is 0 Å². The van der Waals surface area contributed by atoms with Crippen molar-refractivity contribution < 1.29 is 4.74 Å². The number of nitrogens with zero attached hydrogens (tertiary/aromatic N) is 5. The van der Waals surface area contributed by atoms with Crippen LogP contribution < -0.4 is 4.74 Å². The molecule has 168 valence electrons. The summed E-state index contributed by atoms with van der Waals surface area (Å²) >= 11 is 0. The van der Waals surface area contributed by atoms with Gasteiger partial charge in [0.2, 0.25) is 0 Å². The third-order valence-electron chi connectivity index (χ3n) is 6.38. The number of fused-ring (bicyclic) bond motifs is 1. The maximum absolute atomic E-state index is 9.19. The molecule has 1 aliphatic heterocycles. The quantitative estimate of drug-likeness (QED) is 0.508. The predicted octanol–water partition coefficient (Wildman–Crippen LogP) is 4.01. The number of aromatic amines is 1. The standard InChI is InChI=1S/C26H28N6O/c1-30-12-3-13-31(15-14-30)18-24-26(19-4-8-22(33-2)9-5-19)29-25-11-6-20(17-32(24)25)23-10-7-21(16-27)28-23/h4-11,17,28H,3,12-15,18H2,1-2H3. The van der Waals surface area contributed by atoms with Crippen LogP contribution in [0.25, 0.3) is 28.2 Å². The van der Waals surface area contributed by atoms with Crippen molar-refractivity contribution in [2.75, 3.05) is 40.3 Å². The number of pyridine rings is 1. The number of methoxy groups -OCH3 is 1. The molecule has 4 heterocycles. The Balaban J connectivity index is 1.59. The van der Waals surface area contributed by atoms with E-state index in [-0.39, 0.29) is 0 Å². The lowest BCUT2D eigenvalue weighted by molar-refractivity contribution is 0.266. The van der Waals surface area contributed by atoms with Gasteiger partial charge in [0.1, 0.15) is 23.2 Å². The molecular formula is C26H28N6O. The lowest BCUT2D eigenvalue weighted by atomic mass is 10.1. The van der Waals surface area contributed by atoms with Crippen molar-refractivity contribution in [1.29, 1.82) is 5.26 Å². The fourth-order valence-electron chi connectivity index (χ4n) is 4.48. The van der Waals surface area contributed by atoms with Crippen LogP contribution in [0.5, 0.6) is 5.75 Å². The molecule has 7 nitrogen and oxygen atoms in total. The van der Waals surface area contributed by atoms with Crippen LogP contribution in [0.4, 0.5) is 0 Å². The Hall–Kier alpha value is -3.60. The molecule has 33 heavy (non-hydrogen) atoms. The largest absolute Gasteiger partial charge is 0.497 e. The smallest absolute Gasteiger partial charge is 0.137 e. The number of aromatic nitrogens is 3. The van der Waals surface area contributed by atoms with Gasteiger partial charge in [-0.1, -0.05) is 0 Å². The average molecular weight is 441 g/mol. The minimum Gasteiger partial charge on any atom is -0.497 e. The van der Waals surface area contributed by atoms with Crippen LogP contribution in [-0.4, -0.2) is 64.5 Å². The van der Waals surface area contributed by atoms with E-state index in [4.69, 9.17) is 9.72 Å². The van der Waals surface area contributed by atoms with Gasteiger partial charge in [0.25, 0.3) is 0 Å². The first-order chi connectivity index (χ1) is 16.1. The zero-order chi connectivity index (χ0) is 22.8. The van der Waals surface area contributed by atoms with E-state index in [9.17, 15) is 5.26 Å². The molecule has 0 unspecified atom stereocenters. The summed E-state index contributed by atoms with van der Waals surface area (Å²) in [5, 5.41) is 9.19. The fraction of sp³-hybridized carbons (Fsp3) is 0.308. The molecule has 1 aromatic carbocycles. The van der Waals surface area contributed by atoms with Gasteiger partial charge in [-0.2, -0.15) is 5.26 Å². The number of nitrogens with one attached hydrogen (secondary N) is 1. The zero-order valence-electron chi connectivity index (χ0n) is 19.1. The molecule has 1 aliphatic rings. The Morgan fingerprint density at radius 2 is 1.82 bits per heavy atom. The first-order valence-electron chi connectivity index (χ1n) is 11.3. The maximum atomic E-state index is 9.19. The van der Waals surface area contributed by atoms with E-state index in [1.54, 1.807) is 7.11 Å². The van der Waals surface area contributed by atoms with Crippen LogP contribution in [0.15, 0.2) is 54.7 Å². The highest BCUT2D eigenvalue weighted by atomic mass is 16.5. The Morgan fingerprint density at radius 1 is 1.00 bits per heavy atom. The molecule has 0 atom stereocenters. The third-order valence-corrected chi connectivity index (χ3v) is 6.38. The minimum atomic E-state index is 0.559. The van der Waals surface area contributed by atoms with Crippen molar-refractivity contribution in [3.63, 3.8) is 0 Å². The number of likely N-dealkylation sites (N-methyl/N-ethyl adjacent to an activating group) is 1. The number of H-pyrrole nitrogens is 1. The molecule has 0 saturated carbocycles. The summed E-state index contributed by atoms with van der Waals surface area (Å²) in [5.74, 6) is 0.835. The second-order valence-corrected chi connectivity index (χ2v) is 8.61. The van der Waals surface area contributed by atoms with E-state index >= 15 is 0 Å². The minimum absolute atomic E-state index is 0.559. The molecule has 4 aromatic rings. The first kappa shape index (κ1) is 21.3. The van der Waals surface area contributed by atoms with Crippen molar-refractivity contribution >= 4 is 5.65 Å². The van der Waals surface area contributed by atoms with E-state index in [2.05, 4.69) is 62.8 Å². The molecule has 0 amide bonds. The van der Waals surface area contributed by atoms with E-state index < -0.39 is 0 Å². The highest BCUT2D eigenvalue weighted by Gasteiger charge is 2.20. The number of benzene rings is 1. The van der Waals surface area contributed by atoms with Gasteiger partial charge in [0, 0.05) is 42.7 Å². The molecule has 0 radical (unpaired) electrons. The monoisotopic (exact) mass is 440 g/mol. The Labute approximate surface area is 193 Å². The zero-order valence-corrected chi connectivity index (χ0v) is 19.1. The fourth-order valence-corrected chi connectivity index (χ4v) is 4.48. The second kappa shape index (κ2) is 9.10. The molecule has 3 aromatic heterocycles. The molecule has 0 bridgehead atoms. The third kappa shape index (κ3) is 4.36. The summed E-state index contributed by atoms with van der Waals surface area (Å²) in [6.45, 7) is 5.13. The van der Waals surface area contributed by atoms with E-state index in [0.717, 1.165) is 73.1 Å². The van der Waals surface area contributed by atoms with Crippen molar-refractivity contribution in [2.24, 2.45) is 0 Å². The second-order valence-electron chi connectivity index (χ2n) is 8.61. The van der Waals surface area contributed by atoms with Crippen LogP contribution in [0.1, 0.15) is 17.8 Å². The van der Waals surface area contributed by atoms with Gasteiger partial charge in [-0.05, 0) is 75.1 Å². The van der Waals surface area contributed by atoms with Gasteiger partial charge in [-0.3, -0.25) is 4.90 Å². The first-order valence-corrected chi connectivity index (χ1v) is 11.3. The van der Waals surface area contributed by atoms with E-state index in [0.29, 0.717) is 5.69 Å². The number of nitriles is 1. The molecule has 1 fully saturated rings. The normalized spacial score (nSPS) is 15.4. The van der Waals surface area contributed by atoms with Gasteiger partial charge in [-0.25, -0.2) is 4.98 Å². The van der Waals surface area contributed by atoms with Gasteiger partial charge >= 0.3 is 0 Å². The molecule has 7 heteroatoms. The van der Waals surface area contributed by atoms with Crippen molar-refractivity contribution in [2.45, 2.75) is 13.0 Å². The van der Waals surface area contributed by atoms with Crippen molar-refractivity contribution in [1.82, 2.24) is 24.2 Å². The predicted molar refractivity (Wildman–Crippen MR) is 129 cm³/mol. The van der Waals surface area contributed by atoms with Crippen molar-refractivity contribution in [3.8, 4) is 34.3 Å². The molecule has 1 saturated heterocycles. The number of imidazole rings is 1. The molecule has 1 N–H and O–H groups in total. The van der Waals surface area contributed by atoms with Gasteiger partial charge in [0.05, 0.1) is 18.5 Å². The highest BCUT2D eigenvalue weighted by molar-refractivity contribution is 5.70. The summed E-state index contributed by atoms with van der Waals surface area (Å²) in [7, 11) is 3.88. The Bertz CT molecular complexity index is 1300. The molecule has 0 spiro atoms. The average Bonchev–Trinajstić information content (AvgIpc) is 3.41. The molecule has 5 rings (SSSR count). The maximum Gasteiger partial charge on any atom is 0.137 e. The van der Waals surface area contributed by atoms with E-state index in [1.807, 2.05) is 24.3 Å². The van der Waals surface area contributed by atoms with Crippen LogP contribution in [0.3, 0.4) is 0 Å². The van der Waals surface area contributed by atoms with Crippen LogP contribution in [-0.2, 0) is 6.54 Å². The summed E-state index contributed by atoms with van der Waals surface area (Å²) in [6.07, 6.45) is 3.29. The van der Waals surface area contributed by atoms with Crippen LogP contribution in [0.2, 0.25) is 0 Å². The Kier molecular flexibility index (Phi) is 5.86. The van der Waals surface area contributed by atoms with Gasteiger partial charge in [0.15, 0.2) is 0 Å². The lowest BCUT2D eigenvalue weighted by Gasteiger charge is -2.20. The van der Waals surface area contributed by atoms with E-state index in [1.165, 1.54) is 5.69 Å². The number of rotatable bonds is 5. The Morgan fingerprint density at radius 3 is 2.58 bits per heavy atom. The summed E-state index contributed by atoms with van der Waals surface area (Å²) < 4.78 is 7.56.